The van der Waals surface area contributed by atoms with Crippen molar-refractivity contribution in [1.29, 1.82) is 0 Å². The molecule has 0 aliphatic rings. The standard InChI is InChI=1S/C8H9NO2S/c1-6(2)7-3-4-9-5-8(7)12(10)11/h3-5H,1H2,2H3,(H,10,11). The van der Waals surface area contributed by atoms with Crippen LogP contribution in [0.4, 0.5) is 0 Å². The molecule has 0 bridgehead atoms. The van der Waals surface area contributed by atoms with Gasteiger partial charge in [-0.05, 0) is 24.1 Å². The van der Waals surface area contributed by atoms with Gasteiger partial charge in [-0.3, -0.25) is 4.98 Å². The Hall–Kier alpha value is -1.00. The number of hydrogen-bond acceptors (Lipinski definition) is 2. The van der Waals surface area contributed by atoms with Crippen molar-refractivity contribution >= 4 is 16.7 Å². The average Bonchev–Trinajstić information content (AvgIpc) is 2.04. The largest absolute Gasteiger partial charge is 0.302 e. The van der Waals surface area contributed by atoms with Crippen LogP contribution < -0.4 is 0 Å². The van der Waals surface area contributed by atoms with Gasteiger partial charge >= 0.3 is 0 Å². The Bertz CT molecular complexity index is 303. The summed E-state index contributed by atoms with van der Waals surface area (Å²) in [5.41, 5.74) is 1.45. The van der Waals surface area contributed by atoms with Crippen LogP contribution in [0.15, 0.2) is 29.9 Å². The lowest BCUT2D eigenvalue weighted by Gasteiger charge is -2.03. The summed E-state index contributed by atoms with van der Waals surface area (Å²) >= 11 is -1.98. The zero-order valence-electron chi connectivity index (χ0n) is 6.65. The minimum atomic E-state index is -1.98. The molecule has 0 saturated heterocycles. The molecule has 0 aliphatic heterocycles. The van der Waals surface area contributed by atoms with Crippen molar-refractivity contribution in [3.63, 3.8) is 0 Å². The van der Waals surface area contributed by atoms with E-state index in [-0.39, 0.29) is 0 Å². The summed E-state index contributed by atoms with van der Waals surface area (Å²) in [5, 5.41) is 0. The third-order valence-corrected chi connectivity index (χ3v) is 2.13. The topological polar surface area (TPSA) is 50.2 Å². The first-order chi connectivity index (χ1) is 5.63. The zero-order valence-corrected chi connectivity index (χ0v) is 7.47. The molecule has 0 amide bonds. The molecule has 1 heterocycles. The molecule has 1 aromatic heterocycles. The number of allylic oxidation sites excluding steroid dienone is 1. The average molecular weight is 183 g/mol. The number of aromatic nitrogens is 1. The van der Waals surface area contributed by atoms with Crippen molar-refractivity contribution in [2.45, 2.75) is 11.8 Å². The van der Waals surface area contributed by atoms with Crippen LogP contribution in [0.3, 0.4) is 0 Å². The van der Waals surface area contributed by atoms with Gasteiger partial charge in [-0.2, -0.15) is 0 Å². The summed E-state index contributed by atoms with van der Waals surface area (Å²) in [7, 11) is 0. The zero-order chi connectivity index (χ0) is 9.14. The van der Waals surface area contributed by atoms with Crippen LogP contribution >= 0.6 is 0 Å². The minimum Gasteiger partial charge on any atom is -0.302 e. The van der Waals surface area contributed by atoms with Crippen molar-refractivity contribution in [1.82, 2.24) is 4.98 Å². The second-order valence-corrected chi connectivity index (χ2v) is 3.34. The van der Waals surface area contributed by atoms with Crippen LogP contribution in [0.1, 0.15) is 12.5 Å². The fourth-order valence-electron chi connectivity index (χ4n) is 0.872. The molecule has 0 radical (unpaired) electrons. The molecular weight excluding hydrogens is 174 g/mol. The van der Waals surface area contributed by atoms with E-state index in [9.17, 15) is 4.21 Å². The Morgan fingerprint density at radius 1 is 1.75 bits per heavy atom. The number of hydrogen-bond donors (Lipinski definition) is 1. The normalized spacial score (nSPS) is 12.5. The molecule has 0 fully saturated rings. The first-order valence-corrected chi connectivity index (χ1v) is 4.44. The van der Waals surface area contributed by atoms with E-state index < -0.39 is 11.1 Å². The Balaban J connectivity index is 3.27. The summed E-state index contributed by atoms with van der Waals surface area (Å²) in [6, 6.07) is 1.67. The molecule has 1 aromatic rings. The predicted octanol–water partition coefficient (Wildman–Crippen LogP) is 1.70. The van der Waals surface area contributed by atoms with Crippen LogP contribution in [0.2, 0.25) is 0 Å². The van der Waals surface area contributed by atoms with Crippen molar-refractivity contribution in [3.05, 3.63) is 30.6 Å². The Morgan fingerprint density at radius 2 is 2.42 bits per heavy atom. The van der Waals surface area contributed by atoms with Crippen molar-refractivity contribution in [3.8, 4) is 0 Å². The lowest BCUT2D eigenvalue weighted by atomic mass is 10.1. The van der Waals surface area contributed by atoms with Gasteiger partial charge in [0.2, 0.25) is 0 Å². The quantitative estimate of drug-likeness (QED) is 0.710. The van der Waals surface area contributed by atoms with E-state index in [2.05, 4.69) is 11.6 Å². The van der Waals surface area contributed by atoms with Crippen LogP contribution in [0.5, 0.6) is 0 Å². The van der Waals surface area contributed by atoms with Gasteiger partial charge in [-0.15, -0.1) is 0 Å². The van der Waals surface area contributed by atoms with Gasteiger partial charge in [-0.1, -0.05) is 6.58 Å². The minimum absolute atomic E-state index is 0.310. The second kappa shape index (κ2) is 3.60. The lowest BCUT2D eigenvalue weighted by molar-refractivity contribution is 0.563. The van der Waals surface area contributed by atoms with E-state index in [1.165, 1.54) is 6.20 Å². The first kappa shape index (κ1) is 9.09. The van der Waals surface area contributed by atoms with Gasteiger partial charge in [0.15, 0.2) is 11.1 Å². The van der Waals surface area contributed by atoms with Gasteiger partial charge in [0.25, 0.3) is 0 Å². The Kier molecular flexibility index (Phi) is 2.73. The SMILES string of the molecule is C=C(C)c1ccncc1S(=O)O. The van der Waals surface area contributed by atoms with Crippen LogP contribution in [-0.4, -0.2) is 13.7 Å². The monoisotopic (exact) mass is 183 g/mol. The molecule has 1 N–H and O–H groups in total. The number of rotatable bonds is 2. The second-order valence-electron chi connectivity index (χ2n) is 2.40. The maximum atomic E-state index is 10.8. The van der Waals surface area contributed by atoms with Gasteiger partial charge in [-0.25, -0.2) is 4.21 Å². The van der Waals surface area contributed by atoms with Crippen molar-refractivity contribution in [2.75, 3.05) is 0 Å². The molecule has 1 unspecified atom stereocenters. The maximum Gasteiger partial charge on any atom is 0.188 e. The van der Waals surface area contributed by atoms with Crippen LogP contribution in [0.25, 0.3) is 5.57 Å². The highest BCUT2D eigenvalue weighted by atomic mass is 32.2. The molecule has 1 atom stereocenters. The van der Waals surface area contributed by atoms with E-state index in [1.807, 2.05) is 0 Å². The molecule has 0 saturated carbocycles. The molecule has 12 heavy (non-hydrogen) atoms. The van der Waals surface area contributed by atoms with E-state index in [1.54, 1.807) is 19.2 Å². The molecule has 0 aromatic carbocycles. The molecule has 64 valence electrons. The summed E-state index contributed by atoms with van der Waals surface area (Å²) in [6.07, 6.45) is 2.94. The Morgan fingerprint density at radius 3 is 2.83 bits per heavy atom. The third kappa shape index (κ3) is 1.78. The summed E-state index contributed by atoms with van der Waals surface area (Å²) in [5.74, 6) is 0. The molecule has 0 spiro atoms. The summed E-state index contributed by atoms with van der Waals surface area (Å²) in [4.78, 5) is 4.07. The fraction of sp³-hybridized carbons (Fsp3) is 0.125. The van der Waals surface area contributed by atoms with E-state index in [0.717, 1.165) is 5.57 Å². The molecule has 3 nitrogen and oxygen atoms in total. The van der Waals surface area contributed by atoms with Gasteiger partial charge in [0, 0.05) is 12.4 Å². The summed E-state index contributed by atoms with van der Waals surface area (Å²) in [6.45, 7) is 5.48. The van der Waals surface area contributed by atoms with E-state index in [4.69, 9.17) is 4.55 Å². The fourth-order valence-corrected chi connectivity index (χ4v) is 1.45. The first-order valence-electron chi connectivity index (χ1n) is 3.33. The van der Waals surface area contributed by atoms with Crippen molar-refractivity contribution in [2.24, 2.45) is 0 Å². The number of pyridine rings is 1. The van der Waals surface area contributed by atoms with E-state index >= 15 is 0 Å². The molecule has 4 heteroatoms. The van der Waals surface area contributed by atoms with E-state index in [0.29, 0.717) is 10.5 Å². The van der Waals surface area contributed by atoms with Crippen LogP contribution in [0, 0.1) is 0 Å². The highest BCUT2D eigenvalue weighted by Crippen LogP contribution is 2.17. The molecular formula is C8H9NO2S. The van der Waals surface area contributed by atoms with Gasteiger partial charge < -0.3 is 4.55 Å². The maximum absolute atomic E-state index is 10.8. The van der Waals surface area contributed by atoms with Crippen LogP contribution in [-0.2, 0) is 11.1 Å². The molecule has 0 aliphatic carbocycles. The Labute approximate surface area is 73.4 Å². The smallest absolute Gasteiger partial charge is 0.188 e. The lowest BCUT2D eigenvalue weighted by Crippen LogP contribution is -1.94. The summed E-state index contributed by atoms with van der Waals surface area (Å²) < 4.78 is 19.6. The van der Waals surface area contributed by atoms with Crippen molar-refractivity contribution < 1.29 is 8.76 Å². The predicted molar refractivity (Wildman–Crippen MR) is 48.0 cm³/mol. The molecule has 1 rings (SSSR count). The highest BCUT2D eigenvalue weighted by molar-refractivity contribution is 7.79. The van der Waals surface area contributed by atoms with Gasteiger partial charge in [0.05, 0.1) is 4.90 Å². The number of nitrogens with zero attached hydrogens (tertiary/aromatic N) is 1. The highest BCUT2D eigenvalue weighted by Gasteiger charge is 2.07. The third-order valence-electron chi connectivity index (χ3n) is 1.43. The van der Waals surface area contributed by atoms with Gasteiger partial charge in [0.1, 0.15) is 0 Å².